The van der Waals surface area contributed by atoms with Gasteiger partial charge in [-0.15, -0.1) is 0 Å². The van der Waals surface area contributed by atoms with E-state index in [1.54, 1.807) is 14.2 Å². The largest absolute Gasteiger partial charge is 0.497 e. The van der Waals surface area contributed by atoms with Gasteiger partial charge in [0.15, 0.2) is 0 Å². The quantitative estimate of drug-likeness (QED) is 0.126. The van der Waals surface area contributed by atoms with Gasteiger partial charge in [-0.05, 0) is 236 Å². The first-order valence-electron chi connectivity index (χ1n) is 29.0. The summed E-state index contributed by atoms with van der Waals surface area (Å²) in [4.78, 5) is 0. The molecule has 0 saturated heterocycles. The average Bonchev–Trinajstić information content (AvgIpc) is 2.47. The third-order valence-electron chi connectivity index (χ3n) is 19.5. The van der Waals surface area contributed by atoms with Crippen LogP contribution >= 0.6 is 0 Å². The van der Waals surface area contributed by atoms with Crippen LogP contribution in [0.3, 0.4) is 0 Å². The van der Waals surface area contributed by atoms with Crippen molar-refractivity contribution < 1.29 is 9.47 Å². The molecule has 0 saturated carbocycles. The van der Waals surface area contributed by atoms with Crippen LogP contribution in [0.25, 0.3) is 163 Å². The zero-order valence-electron chi connectivity index (χ0n) is 47.3. The van der Waals surface area contributed by atoms with Crippen LogP contribution in [0.5, 0.6) is 11.5 Å². The summed E-state index contributed by atoms with van der Waals surface area (Å²) >= 11 is 0. The molecule has 0 radical (unpaired) electrons. The molecule has 2 heteroatoms. The number of methoxy groups -OCH3 is 2. The Morgan fingerprint density at radius 2 is 0.659 bits per heavy atom. The van der Waals surface area contributed by atoms with Gasteiger partial charge in [0.2, 0.25) is 0 Å². The second-order valence-electron chi connectivity index (χ2n) is 25.7. The van der Waals surface area contributed by atoms with E-state index >= 15 is 0 Å². The van der Waals surface area contributed by atoms with Crippen molar-refractivity contribution in [2.75, 3.05) is 14.2 Å². The minimum absolute atomic E-state index is 0.0714. The Kier molecular flexibility index (Phi) is 8.85. The maximum absolute atomic E-state index is 5.65. The van der Waals surface area contributed by atoms with Crippen molar-refractivity contribution in [3.05, 3.63) is 226 Å². The summed E-state index contributed by atoms with van der Waals surface area (Å²) in [5, 5.41) is 37.3. The predicted molar refractivity (Wildman–Crippen MR) is 350 cm³/mol. The molecule has 18 rings (SSSR count). The van der Waals surface area contributed by atoms with Crippen molar-refractivity contribution in [1.29, 1.82) is 0 Å². The summed E-state index contributed by atoms with van der Waals surface area (Å²) in [5.74, 6) is 1.70. The fourth-order valence-corrected chi connectivity index (χ4v) is 15.8. The lowest BCUT2D eigenvalue weighted by atomic mass is 9.78. The number of hydrogen-bond acceptors (Lipinski definition) is 2. The molecular formula is C80H56O2. The third kappa shape index (κ3) is 5.79. The molecule has 0 spiro atoms. The molecule has 82 heavy (non-hydrogen) atoms. The minimum Gasteiger partial charge on any atom is -0.497 e. The molecule has 17 aromatic carbocycles. The molecule has 0 fully saturated rings. The van der Waals surface area contributed by atoms with E-state index in [0.717, 1.165) is 11.5 Å². The molecule has 0 unspecified atom stereocenters. The van der Waals surface area contributed by atoms with Crippen LogP contribution in [-0.2, 0) is 10.8 Å². The van der Waals surface area contributed by atoms with Gasteiger partial charge in [-0.1, -0.05) is 205 Å². The molecule has 17 aromatic rings. The van der Waals surface area contributed by atoms with Crippen LogP contribution in [0.15, 0.2) is 194 Å². The Bertz CT molecular complexity index is 5700. The summed E-state index contributed by atoms with van der Waals surface area (Å²) in [5.41, 5.74) is 9.99. The second-order valence-corrected chi connectivity index (χ2v) is 25.7. The molecule has 1 aliphatic carbocycles. The van der Waals surface area contributed by atoms with Crippen molar-refractivity contribution in [2.24, 2.45) is 0 Å². The van der Waals surface area contributed by atoms with Crippen LogP contribution < -0.4 is 9.47 Å². The molecular weight excluding hydrogens is 993 g/mol. The van der Waals surface area contributed by atoms with Crippen LogP contribution in [-0.4, -0.2) is 14.2 Å². The van der Waals surface area contributed by atoms with Gasteiger partial charge < -0.3 is 9.47 Å². The lowest BCUT2D eigenvalue weighted by Gasteiger charge is -2.27. The van der Waals surface area contributed by atoms with Gasteiger partial charge in [-0.3, -0.25) is 0 Å². The molecule has 2 nitrogen and oxygen atoms in total. The van der Waals surface area contributed by atoms with E-state index in [1.165, 1.54) is 195 Å². The summed E-state index contributed by atoms with van der Waals surface area (Å²) in [6, 6.07) is 74.9. The number of hydrogen-bond donors (Lipinski definition) is 0. The van der Waals surface area contributed by atoms with Crippen LogP contribution in [0, 0.1) is 20.9 Å². The maximum atomic E-state index is 5.65. The van der Waals surface area contributed by atoms with Gasteiger partial charge in [-0.25, -0.2) is 0 Å². The van der Waals surface area contributed by atoms with Crippen molar-refractivity contribution in [3.8, 4) is 44.9 Å². The van der Waals surface area contributed by atoms with Crippen molar-refractivity contribution >= 4 is 129 Å². The topological polar surface area (TPSA) is 18.5 Å². The van der Waals surface area contributed by atoms with E-state index in [9.17, 15) is 0 Å². The first kappa shape index (κ1) is 46.3. The molecule has 1 aliphatic rings. The first-order chi connectivity index (χ1) is 39.9. The maximum Gasteiger partial charge on any atom is 0.118 e. The Balaban J connectivity index is 1.03. The van der Waals surface area contributed by atoms with Gasteiger partial charge in [0.25, 0.3) is 0 Å². The van der Waals surface area contributed by atoms with E-state index < -0.39 is 0 Å². The Morgan fingerprint density at radius 3 is 1.20 bits per heavy atom. The molecule has 0 aromatic heterocycles. The van der Waals surface area contributed by atoms with Crippen molar-refractivity contribution in [1.82, 2.24) is 0 Å². The highest BCUT2D eigenvalue weighted by molar-refractivity contribution is 6.54. The molecule has 388 valence electrons. The smallest absolute Gasteiger partial charge is 0.118 e. The number of benzene rings is 14. The fraction of sp³-hybridized carbons (Fsp3) is 0.125. The van der Waals surface area contributed by atoms with Crippen LogP contribution in [0.2, 0.25) is 0 Å². The van der Waals surface area contributed by atoms with Crippen molar-refractivity contribution in [3.63, 3.8) is 0 Å². The number of ether oxygens (including phenoxy) is 2. The fourth-order valence-electron chi connectivity index (χ4n) is 15.8. The summed E-state index contributed by atoms with van der Waals surface area (Å²) in [6.45, 7) is 14.2. The normalized spacial score (nSPS) is 13.1. The minimum atomic E-state index is -0.0714. The number of fused-ring (bicyclic) bond motifs is 14. The lowest BCUT2D eigenvalue weighted by molar-refractivity contribution is 0.415. The van der Waals surface area contributed by atoms with E-state index in [1.807, 2.05) is 0 Å². The molecule has 0 heterocycles. The van der Waals surface area contributed by atoms with E-state index in [2.05, 4.69) is 236 Å². The summed E-state index contributed by atoms with van der Waals surface area (Å²) in [6.07, 6.45) is 0. The first-order valence-corrected chi connectivity index (χ1v) is 29.0. The zero-order valence-corrected chi connectivity index (χ0v) is 47.3. The standard InChI is InChI=1S/C80H56O2/c1-79(2,3)45-37-44(38-46(39-45)80(4,5)6)66-64-40-63-53-17-11-13-43-14-12-18-58(65(43)53)73(63)74-51-15-9-10-16-52(51)75(78(64)74)77-62-36-32-57-55-30-34-60-68-50(42-21-25-48(82-8)26-22-42)28-27-49(41-19-23-47(81-7)24-20-41)67(68)59-33-29-54(69(55)71(59)60)56-31-35-61(76(66)77)72(62)70(56)57/h9-40H,1-8H3. The predicted octanol–water partition coefficient (Wildman–Crippen LogP) is 21.8. The van der Waals surface area contributed by atoms with E-state index in [-0.39, 0.29) is 10.8 Å². The van der Waals surface area contributed by atoms with Gasteiger partial charge in [0, 0.05) is 0 Å². The number of rotatable bonds is 5. The Morgan fingerprint density at radius 1 is 0.268 bits per heavy atom. The highest BCUT2D eigenvalue weighted by Gasteiger charge is 2.31. The molecule has 0 N–H and O–H groups in total. The van der Waals surface area contributed by atoms with Gasteiger partial charge >= 0.3 is 0 Å². The molecule has 0 aliphatic heterocycles. The Labute approximate surface area is 473 Å². The highest BCUT2D eigenvalue weighted by Crippen LogP contribution is 2.58. The van der Waals surface area contributed by atoms with Gasteiger partial charge in [0.05, 0.1) is 14.2 Å². The summed E-state index contributed by atoms with van der Waals surface area (Å²) in [7, 11) is 3.47. The van der Waals surface area contributed by atoms with Gasteiger partial charge in [0.1, 0.15) is 11.5 Å². The highest BCUT2D eigenvalue weighted by atomic mass is 16.5. The molecule has 0 bridgehead atoms. The lowest BCUT2D eigenvalue weighted by Crippen LogP contribution is -2.16. The zero-order chi connectivity index (χ0) is 55.0. The SMILES string of the molecule is COc1ccc(-c2ccc(-c3ccc(OC)cc3)c3c2=c2ccc4c5ccc6c7c(-c8cc(C(C)(C)C)cc(C(C)(C)C)c8)c8cc9c%10cccc%11cccc(c%11%10)c9c9c%10ccccc%10c(c7c7ccc(c%10ccc=3c2c4%10)c5c67)c89)cc1. The van der Waals surface area contributed by atoms with Gasteiger partial charge in [-0.2, -0.15) is 0 Å². The average molecular weight is 1050 g/mol. The monoisotopic (exact) mass is 1050 g/mol. The van der Waals surface area contributed by atoms with Crippen LogP contribution in [0.1, 0.15) is 52.7 Å². The third-order valence-corrected chi connectivity index (χ3v) is 19.5. The Hall–Kier alpha value is -9.50. The van der Waals surface area contributed by atoms with E-state index in [4.69, 9.17) is 9.47 Å². The second kappa shape index (κ2) is 15.7. The van der Waals surface area contributed by atoms with Crippen LogP contribution in [0.4, 0.5) is 0 Å². The molecule has 0 amide bonds. The van der Waals surface area contributed by atoms with E-state index in [0.29, 0.717) is 0 Å². The molecule has 0 atom stereocenters. The van der Waals surface area contributed by atoms with Crippen molar-refractivity contribution in [2.45, 2.75) is 52.4 Å². The summed E-state index contributed by atoms with van der Waals surface area (Å²) < 4.78 is 11.3.